The Kier molecular flexibility index (Phi) is 3.83. The number of imidazole rings is 1. The van der Waals surface area contributed by atoms with Gasteiger partial charge in [-0.1, -0.05) is 36.4 Å². The summed E-state index contributed by atoms with van der Waals surface area (Å²) in [6.07, 6.45) is 4.08. The molecule has 0 atom stereocenters. The number of halogens is 2. The molecule has 0 spiro atoms. The third-order valence-electron chi connectivity index (χ3n) is 3.46. The molecule has 0 unspecified atom stereocenters. The van der Waals surface area contributed by atoms with Crippen molar-refractivity contribution >= 4 is 49.3 Å². The van der Waals surface area contributed by atoms with Gasteiger partial charge in [-0.3, -0.25) is 0 Å². The van der Waals surface area contributed by atoms with E-state index in [1.54, 1.807) is 0 Å². The summed E-state index contributed by atoms with van der Waals surface area (Å²) in [5, 5.41) is 2.49. The average Bonchev–Trinajstić information content (AvgIpc) is 2.89. The molecule has 0 aliphatic rings. The Labute approximate surface area is 141 Å². The highest BCUT2D eigenvalue weighted by Gasteiger charge is 2.05. The van der Waals surface area contributed by atoms with Crippen LogP contribution in [0.5, 0.6) is 0 Å². The Hall–Kier alpha value is -1.65. The van der Waals surface area contributed by atoms with E-state index in [2.05, 4.69) is 69.6 Å². The number of hydrogen-bond acceptors (Lipinski definition) is 1. The molecule has 4 rings (SSSR count). The van der Waals surface area contributed by atoms with Crippen LogP contribution in [0, 0.1) is 0 Å². The zero-order chi connectivity index (χ0) is 13.5. The maximum Gasteiger partial charge on any atom is 0.137 e. The van der Waals surface area contributed by atoms with Crippen LogP contribution in [0.15, 0.2) is 71.5 Å². The lowest BCUT2D eigenvalue weighted by Gasteiger charge is -2.00. The van der Waals surface area contributed by atoms with Crippen LogP contribution in [-0.2, 0) is 0 Å². The van der Waals surface area contributed by atoms with Crippen LogP contribution in [-0.4, -0.2) is 9.38 Å². The smallest absolute Gasteiger partial charge is 0.137 e. The standard InChI is InChI=1S/C17H11BrN2.BrH/c18-15-7-8-17-19-16(11-20(17)10-15)14-6-5-12-3-1-2-4-13(12)9-14;/h1-11H;1H. The Balaban J connectivity index is 0.00000132. The Morgan fingerprint density at radius 2 is 1.67 bits per heavy atom. The molecule has 0 aliphatic heterocycles. The second-order valence-electron chi connectivity index (χ2n) is 4.80. The molecule has 0 N–H and O–H groups in total. The van der Waals surface area contributed by atoms with Crippen molar-refractivity contribution in [1.29, 1.82) is 0 Å². The number of fused-ring (bicyclic) bond motifs is 2. The van der Waals surface area contributed by atoms with Gasteiger partial charge in [0.05, 0.1) is 5.69 Å². The van der Waals surface area contributed by atoms with Gasteiger partial charge in [-0.25, -0.2) is 4.98 Å². The van der Waals surface area contributed by atoms with Crippen molar-refractivity contribution in [3.63, 3.8) is 0 Å². The molecule has 0 fully saturated rings. The maximum atomic E-state index is 4.67. The Morgan fingerprint density at radius 3 is 2.52 bits per heavy atom. The first kappa shape index (κ1) is 14.3. The third kappa shape index (κ3) is 2.61. The molecule has 21 heavy (non-hydrogen) atoms. The topological polar surface area (TPSA) is 17.3 Å². The van der Waals surface area contributed by atoms with Crippen molar-refractivity contribution in [3.05, 3.63) is 71.5 Å². The van der Waals surface area contributed by atoms with Gasteiger partial charge in [0.25, 0.3) is 0 Å². The number of pyridine rings is 1. The fourth-order valence-electron chi connectivity index (χ4n) is 2.45. The molecule has 0 radical (unpaired) electrons. The first-order valence-electron chi connectivity index (χ1n) is 6.43. The van der Waals surface area contributed by atoms with Crippen molar-refractivity contribution in [3.8, 4) is 11.3 Å². The number of hydrogen-bond donors (Lipinski definition) is 0. The number of aromatic nitrogens is 2. The molecular formula is C17H12Br2N2. The molecule has 2 aromatic carbocycles. The van der Waals surface area contributed by atoms with E-state index < -0.39 is 0 Å². The molecular weight excluding hydrogens is 392 g/mol. The molecule has 2 heterocycles. The predicted octanol–water partition coefficient (Wildman–Crippen LogP) is 5.49. The summed E-state index contributed by atoms with van der Waals surface area (Å²) in [5.41, 5.74) is 3.09. The van der Waals surface area contributed by atoms with Crippen molar-refractivity contribution in [1.82, 2.24) is 9.38 Å². The molecule has 0 amide bonds. The summed E-state index contributed by atoms with van der Waals surface area (Å²) in [5.74, 6) is 0. The van der Waals surface area contributed by atoms with Crippen molar-refractivity contribution in [2.75, 3.05) is 0 Å². The third-order valence-corrected chi connectivity index (χ3v) is 3.93. The molecule has 0 aliphatic carbocycles. The van der Waals surface area contributed by atoms with Crippen LogP contribution in [0.4, 0.5) is 0 Å². The fraction of sp³-hybridized carbons (Fsp3) is 0. The zero-order valence-electron chi connectivity index (χ0n) is 11.0. The van der Waals surface area contributed by atoms with Gasteiger partial charge >= 0.3 is 0 Å². The van der Waals surface area contributed by atoms with Gasteiger partial charge in [0.15, 0.2) is 0 Å². The SMILES string of the molecule is Br.Brc1ccc2nc(-c3ccc4ccccc4c3)cn2c1. The first-order valence-corrected chi connectivity index (χ1v) is 7.22. The molecule has 0 saturated carbocycles. The van der Waals surface area contributed by atoms with Gasteiger partial charge in [-0.2, -0.15) is 0 Å². The van der Waals surface area contributed by atoms with Crippen LogP contribution in [0.2, 0.25) is 0 Å². The van der Waals surface area contributed by atoms with Crippen molar-refractivity contribution < 1.29 is 0 Å². The van der Waals surface area contributed by atoms with E-state index in [1.807, 2.05) is 22.7 Å². The summed E-state index contributed by atoms with van der Waals surface area (Å²) in [7, 11) is 0. The summed E-state index contributed by atoms with van der Waals surface area (Å²) in [6.45, 7) is 0. The van der Waals surface area contributed by atoms with E-state index >= 15 is 0 Å². The molecule has 0 bridgehead atoms. The van der Waals surface area contributed by atoms with E-state index in [0.717, 1.165) is 21.4 Å². The summed E-state index contributed by atoms with van der Waals surface area (Å²) >= 11 is 3.48. The van der Waals surface area contributed by atoms with E-state index in [1.165, 1.54) is 10.8 Å². The van der Waals surface area contributed by atoms with Crippen molar-refractivity contribution in [2.24, 2.45) is 0 Å². The largest absolute Gasteiger partial charge is 0.305 e. The maximum absolute atomic E-state index is 4.67. The van der Waals surface area contributed by atoms with Crippen LogP contribution in [0.1, 0.15) is 0 Å². The minimum atomic E-state index is 0. The fourth-order valence-corrected chi connectivity index (χ4v) is 2.81. The number of nitrogens with zero attached hydrogens (tertiary/aromatic N) is 2. The first-order chi connectivity index (χ1) is 9.79. The van der Waals surface area contributed by atoms with Gasteiger partial charge in [-0.05, 0) is 44.9 Å². The van der Waals surface area contributed by atoms with Crippen molar-refractivity contribution in [2.45, 2.75) is 0 Å². The second-order valence-corrected chi connectivity index (χ2v) is 5.72. The normalized spacial score (nSPS) is 10.7. The molecule has 2 aromatic heterocycles. The molecule has 4 aromatic rings. The van der Waals surface area contributed by atoms with Gasteiger partial charge < -0.3 is 4.40 Å². The summed E-state index contributed by atoms with van der Waals surface area (Å²) in [4.78, 5) is 4.67. The minimum absolute atomic E-state index is 0. The second kappa shape index (κ2) is 5.62. The van der Waals surface area contributed by atoms with E-state index in [4.69, 9.17) is 0 Å². The minimum Gasteiger partial charge on any atom is -0.305 e. The Morgan fingerprint density at radius 1 is 0.857 bits per heavy atom. The number of rotatable bonds is 1. The lowest BCUT2D eigenvalue weighted by Crippen LogP contribution is -1.80. The highest BCUT2D eigenvalue weighted by atomic mass is 79.9. The van der Waals surface area contributed by atoms with Crippen LogP contribution < -0.4 is 0 Å². The lowest BCUT2D eigenvalue weighted by atomic mass is 10.1. The lowest BCUT2D eigenvalue weighted by molar-refractivity contribution is 1.17. The van der Waals surface area contributed by atoms with Crippen LogP contribution in [0.3, 0.4) is 0 Å². The highest BCUT2D eigenvalue weighted by molar-refractivity contribution is 9.10. The monoisotopic (exact) mass is 402 g/mol. The predicted molar refractivity (Wildman–Crippen MR) is 96.2 cm³/mol. The molecule has 104 valence electrons. The van der Waals surface area contributed by atoms with Gasteiger partial charge in [0, 0.05) is 22.4 Å². The van der Waals surface area contributed by atoms with Crippen LogP contribution >= 0.6 is 32.9 Å². The molecule has 0 saturated heterocycles. The van der Waals surface area contributed by atoms with Gasteiger partial charge in [0.2, 0.25) is 0 Å². The number of benzene rings is 2. The zero-order valence-corrected chi connectivity index (χ0v) is 14.3. The van der Waals surface area contributed by atoms with E-state index in [0.29, 0.717) is 0 Å². The summed E-state index contributed by atoms with van der Waals surface area (Å²) in [6, 6.07) is 18.8. The highest BCUT2D eigenvalue weighted by Crippen LogP contribution is 2.24. The molecule has 4 heteroatoms. The summed E-state index contributed by atoms with van der Waals surface area (Å²) < 4.78 is 3.08. The van der Waals surface area contributed by atoms with Crippen LogP contribution in [0.25, 0.3) is 27.7 Å². The molecule has 2 nitrogen and oxygen atoms in total. The Bertz CT molecular complexity index is 928. The quantitative estimate of drug-likeness (QED) is 0.410. The van der Waals surface area contributed by atoms with E-state index in [9.17, 15) is 0 Å². The van der Waals surface area contributed by atoms with Gasteiger partial charge in [0.1, 0.15) is 5.65 Å². The van der Waals surface area contributed by atoms with E-state index in [-0.39, 0.29) is 17.0 Å². The average molecular weight is 404 g/mol. The van der Waals surface area contributed by atoms with Gasteiger partial charge in [-0.15, -0.1) is 17.0 Å².